The summed E-state index contributed by atoms with van der Waals surface area (Å²) in [5, 5.41) is 3.37. The summed E-state index contributed by atoms with van der Waals surface area (Å²) in [7, 11) is 0. The van der Waals surface area contributed by atoms with Gasteiger partial charge in [-0.15, -0.1) is 0 Å². The Kier molecular flexibility index (Phi) is 4.75. The average Bonchev–Trinajstić information content (AvgIpc) is 3.39. The molecule has 4 aromatic heterocycles. The number of fused-ring (bicyclic) bond motifs is 2. The summed E-state index contributed by atoms with van der Waals surface area (Å²) in [6.45, 7) is 0. The lowest BCUT2D eigenvalue weighted by atomic mass is 9.90. The van der Waals surface area contributed by atoms with Gasteiger partial charge in [0.05, 0.1) is 11.9 Å². The standard InChI is InChI=1S/C21H20F3N7O/c22-21(23,24)15-10-30-16(2-1-3-17(30)29-15)28-12-4-6-13(7-5-12)31-11-27-20-18(31)14(19(25)32)8-9-26-20/h1-3,8-13,28H,4-7H2,(H2,25,32). The highest BCUT2D eigenvalue weighted by molar-refractivity contribution is 6.03. The molecule has 1 amide bonds. The average molecular weight is 443 g/mol. The van der Waals surface area contributed by atoms with Crippen LogP contribution in [0.15, 0.2) is 43.0 Å². The van der Waals surface area contributed by atoms with Crippen LogP contribution in [0.1, 0.15) is 47.8 Å². The van der Waals surface area contributed by atoms with Gasteiger partial charge in [-0.2, -0.15) is 13.2 Å². The number of carbonyl (C=O) groups excluding carboxylic acids is 1. The van der Waals surface area contributed by atoms with Gasteiger partial charge in [0.2, 0.25) is 0 Å². The third kappa shape index (κ3) is 3.53. The smallest absolute Gasteiger partial charge is 0.368 e. The first kappa shape index (κ1) is 20.3. The first-order valence-electron chi connectivity index (χ1n) is 10.2. The van der Waals surface area contributed by atoms with Crippen LogP contribution in [0.2, 0.25) is 0 Å². The Morgan fingerprint density at radius 1 is 1.12 bits per heavy atom. The van der Waals surface area contributed by atoms with Crippen LogP contribution >= 0.6 is 0 Å². The Hall–Kier alpha value is -3.63. The van der Waals surface area contributed by atoms with E-state index in [-0.39, 0.29) is 17.7 Å². The van der Waals surface area contributed by atoms with Crippen LogP contribution in [0.5, 0.6) is 0 Å². The van der Waals surface area contributed by atoms with Gasteiger partial charge in [-0.1, -0.05) is 6.07 Å². The largest absolute Gasteiger partial charge is 0.434 e. The minimum Gasteiger partial charge on any atom is -0.368 e. The second-order valence-electron chi connectivity index (χ2n) is 7.96. The minimum absolute atomic E-state index is 0.0945. The molecule has 32 heavy (non-hydrogen) atoms. The second kappa shape index (κ2) is 7.50. The molecule has 1 saturated carbocycles. The van der Waals surface area contributed by atoms with Gasteiger partial charge in [0.1, 0.15) is 17.0 Å². The van der Waals surface area contributed by atoms with Crippen LogP contribution in [-0.4, -0.2) is 35.9 Å². The number of nitrogens with two attached hydrogens (primary N) is 1. The summed E-state index contributed by atoms with van der Waals surface area (Å²) in [4.78, 5) is 24.0. The van der Waals surface area contributed by atoms with E-state index in [1.807, 2.05) is 4.57 Å². The number of hydrogen-bond donors (Lipinski definition) is 2. The maximum atomic E-state index is 13.0. The molecule has 0 saturated heterocycles. The van der Waals surface area contributed by atoms with Crippen LogP contribution in [0.25, 0.3) is 16.8 Å². The molecule has 4 aromatic rings. The highest BCUT2D eigenvalue weighted by Gasteiger charge is 2.34. The number of carbonyl (C=O) groups is 1. The van der Waals surface area contributed by atoms with E-state index in [4.69, 9.17) is 5.73 Å². The van der Waals surface area contributed by atoms with Crippen LogP contribution in [0.3, 0.4) is 0 Å². The Morgan fingerprint density at radius 3 is 2.62 bits per heavy atom. The number of anilines is 1. The van der Waals surface area contributed by atoms with Crippen LogP contribution in [0.4, 0.5) is 19.0 Å². The second-order valence-corrected chi connectivity index (χ2v) is 7.96. The Labute approximate surface area is 180 Å². The molecule has 8 nitrogen and oxygen atoms in total. The number of alkyl halides is 3. The first-order chi connectivity index (χ1) is 15.3. The summed E-state index contributed by atoms with van der Waals surface area (Å²) in [6, 6.07) is 6.79. The van der Waals surface area contributed by atoms with E-state index in [0.717, 1.165) is 31.9 Å². The normalized spacial score (nSPS) is 19.5. The maximum absolute atomic E-state index is 13.0. The highest BCUT2D eigenvalue weighted by Crippen LogP contribution is 2.34. The molecule has 0 radical (unpaired) electrons. The van der Waals surface area contributed by atoms with Gasteiger partial charge >= 0.3 is 6.18 Å². The third-order valence-corrected chi connectivity index (χ3v) is 5.96. The molecule has 4 heterocycles. The van der Waals surface area contributed by atoms with Gasteiger partial charge in [-0.05, 0) is 43.9 Å². The van der Waals surface area contributed by atoms with Crippen molar-refractivity contribution >= 4 is 28.5 Å². The van der Waals surface area contributed by atoms with Gasteiger partial charge in [0.15, 0.2) is 11.3 Å². The van der Waals surface area contributed by atoms with E-state index in [0.29, 0.717) is 22.5 Å². The summed E-state index contributed by atoms with van der Waals surface area (Å²) < 4.78 is 42.5. The molecule has 0 spiro atoms. The molecule has 0 bridgehead atoms. The summed E-state index contributed by atoms with van der Waals surface area (Å²) in [5.74, 6) is 0.0448. The lowest BCUT2D eigenvalue weighted by molar-refractivity contribution is -0.140. The minimum atomic E-state index is -4.49. The fraction of sp³-hybridized carbons (Fsp3) is 0.333. The van der Waals surface area contributed by atoms with Crippen molar-refractivity contribution in [2.24, 2.45) is 5.73 Å². The molecule has 3 N–H and O–H groups in total. The van der Waals surface area contributed by atoms with Crippen molar-refractivity contribution in [1.29, 1.82) is 0 Å². The fourth-order valence-corrected chi connectivity index (χ4v) is 4.41. The molecule has 0 aromatic carbocycles. The third-order valence-electron chi connectivity index (χ3n) is 5.96. The number of amides is 1. The summed E-state index contributed by atoms with van der Waals surface area (Å²) in [5.41, 5.74) is 6.36. The zero-order valence-electron chi connectivity index (χ0n) is 16.9. The topological polar surface area (TPSA) is 103 Å². The predicted octanol–water partition coefficient (Wildman–Crippen LogP) is 3.79. The number of aromatic nitrogens is 5. The van der Waals surface area contributed by atoms with Crippen molar-refractivity contribution in [2.45, 2.75) is 43.9 Å². The number of imidazole rings is 2. The van der Waals surface area contributed by atoms with Crippen molar-refractivity contribution in [1.82, 2.24) is 23.9 Å². The number of nitrogens with zero attached hydrogens (tertiary/aromatic N) is 5. The van der Waals surface area contributed by atoms with E-state index < -0.39 is 17.8 Å². The molecule has 0 unspecified atom stereocenters. The van der Waals surface area contributed by atoms with E-state index in [1.54, 1.807) is 30.6 Å². The molecule has 1 fully saturated rings. The molecule has 0 atom stereocenters. The molecule has 5 rings (SSSR count). The molecule has 1 aliphatic carbocycles. The molecule has 11 heteroatoms. The van der Waals surface area contributed by atoms with Gasteiger partial charge in [0.25, 0.3) is 5.91 Å². The molecule has 1 aliphatic rings. The summed E-state index contributed by atoms with van der Waals surface area (Å²) in [6.07, 6.45) is 2.94. The van der Waals surface area contributed by atoms with E-state index in [9.17, 15) is 18.0 Å². The van der Waals surface area contributed by atoms with Crippen molar-refractivity contribution in [3.05, 3.63) is 54.2 Å². The molecule has 166 valence electrons. The maximum Gasteiger partial charge on any atom is 0.434 e. The number of rotatable bonds is 4. The van der Waals surface area contributed by atoms with Gasteiger partial charge < -0.3 is 15.6 Å². The van der Waals surface area contributed by atoms with E-state index in [2.05, 4.69) is 20.3 Å². The Bertz CT molecular complexity index is 1300. The van der Waals surface area contributed by atoms with Gasteiger partial charge in [0, 0.05) is 24.5 Å². The van der Waals surface area contributed by atoms with Crippen molar-refractivity contribution < 1.29 is 18.0 Å². The van der Waals surface area contributed by atoms with E-state index in [1.165, 1.54) is 10.6 Å². The van der Waals surface area contributed by atoms with Crippen molar-refractivity contribution in [3.8, 4) is 0 Å². The number of nitrogens with one attached hydrogen (secondary N) is 1. The fourth-order valence-electron chi connectivity index (χ4n) is 4.41. The van der Waals surface area contributed by atoms with Gasteiger partial charge in [-0.25, -0.2) is 15.0 Å². The van der Waals surface area contributed by atoms with E-state index >= 15 is 0 Å². The Balaban J connectivity index is 1.34. The number of pyridine rings is 2. The number of hydrogen-bond acceptors (Lipinski definition) is 5. The van der Waals surface area contributed by atoms with Crippen molar-refractivity contribution in [3.63, 3.8) is 0 Å². The lowest BCUT2D eigenvalue weighted by Gasteiger charge is -2.31. The SMILES string of the molecule is NC(=O)c1ccnc2ncn(C3CCC(Nc4cccc5nc(C(F)(F)F)cn45)CC3)c12. The monoisotopic (exact) mass is 443 g/mol. The van der Waals surface area contributed by atoms with Gasteiger partial charge in [-0.3, -0.25) is 9.20 Å². The zero-order valence-corrected chi connectivity index (χ0v) is 16.9. The molecule has 0 aliphatic heterocycles. The van der Waals surface area contributed by atoms with Crippen LogP contribution in [-0.2, 0) is 6.18 Å². The lowest BCUT2D eigenvalue weighted by Crippen LogP contribution is -2.28. The molecular weight excluding hydrogens is 423 g/mol. The molecular formula is C21H20F3N7O. The number of halogens is 3. The quantitative estimate of drug-likeness (QED) is 0.500. The van der Waals surface area contributed by atoms with Crippen molar-refractivity contribution in [2.75, 3.05) is 5.32 Å². The summed E-state index contributed by atoms with van der Waals surface area (Å²) >= 11 is 0. The Morgan fingerprint density at radius 2 is 1.91 bits per heavy atom. The first-order valence-corrected chi connectivity index (χ1v) is 10.2. The highest BCUT2D eigenvalue weighted by atomic mass is 19.4. The van der Waals surface area contributed by atoms with Crippen LogP contribution in [0, 0.1) is 0 Å². The number of primary amides is 1. The zero-order chi connectivity index (χ0) is 22.5. The van der Waals surface area contributed by atoms with Crippen LogP contribution < -0.4 is 11.1 Å². The predicted molar refractivity (Wildman–Crippen MR) is 111 cm³/mol.